The zero-order valence-corrected chi connectivity index (χ0v) is 35.9. The third-order valence-electron chi connectivity index (χ3n) is 11.1. The molecule has 1 amide bonds. The Bertz CT molecular complexity index is 2590. The molecule has 60 heavy (non-hydrogen) atoms. The summed E-state index contributed by atoms with van der Waals surface area (Å²) >= 11 is 0. The van der Waals surface area contributed by atoms with Gasteiger partial charge in [0, 0.05) is 11.5 Å². The fourth-order valence-corrected chi connectivity index (χ4v) is 10.2. The minimum atomic E-state index is -4.90. The van der Waals surface area contributed by atoms with Crippen molar-refractivity contribution < 1.29 is 50.8 Å². The van der Waals surface area contributed by atoms with Crippen LogP contribution in [0.4, 0.5) is 5.82 Å². The van der Waals surface area contributed by atoms with Crippen LogP contribution in [0.25, 0.3) is 22.3 Å². The van der Waals surface area contributed by atoms with Crippen LogP contribution in [-0.4, -0.2) is 109 Å². The van der Waals surface area contributed by atoms with E-state index < -0.39 is 98.1 Å². The monoisotopic (exact) mass is 886 g/mol. The van der Waals surface area contributed by atoms with Gasteiger partial charge in [0.25, 0.3) is 11.5 Å². The highest BCUT2D eigenvalue weighted by Crippen LogP contribution is 2.55. The third-order valence-corrected chi connectivity index (χ3v) is 17.3. The average molecular weight is 887 g/mol. The molecule has 3 aliphatic heterocycles. The summed E-state index contributed by atoms with van der Waals surface area (Å²) in [4.78, 5) is 61.7. The molecule has 21 nitrogen and oxygen atoms in total. The van der Waals surface area contributed by atoms with E-state index in [-0.39, 0.29) is 34.1 Å². The third kappa shape index (κ3) is 8.21. The van der Waals surface area contributed by atoms with Crippen LogP contribution in [0.15, 0.2) is 54.1 Å². The predicted molar refractivity (Wildman–Crippen MR) is 221 cm³/mol. The van der Waals surface area contributed by atoms with Crippen molar-refractivity contribution in [1.82, 2.24) is 39.0 Å². The van der Waals surface area contributed by atoms with E-state index in [9.17, 15) is 23.6 Å². The largest absolute Gasteiger partial charge is 0.472 e. The number of phosphoric acid groups is 1. The van der Waals surface area contributed by atoms with E-state index in [0.717, 1.165) is 0 Å². The van der Waals surface area contributed by atoms with E-state index in [1.165, 1.54) is 23.5 Å². The van der Waals surface area contributed by atoms with Gasteiger partial charge in [0.2, 0.25) is 0 Å². The van der Waals surface area contributed by atoms with Gasteiger partial charge in [0.1, 0.15) is 56.4 Å². The molecular formula is C35H47BN9O12P2Si-. The SMILES string of the molecule is [BH3-]P1(=O)OC[C@H]2O[C@@H](n3cnc4c(NC(=O)c5ccccc5)ncnc43)[C@@H](C)C2OP(=O)(O)OC[C@H]2O[C@@H](n3cnc4c(=O)[nH]c(C)nc43)[C@@H](O1)C2O[Si](C)(C)C(C)(C)C. The summed E-state index contributed by atoms with van der Waals surface area (Å²) in [5, 5.41) is 2.48. The molecule has 3 aliphatic rings. The second kappa shape index (κ2) is 15.7. The number of hydrogen-bond donors (Lipinski definition) is 3. The van der Waals surface area contributed by atoms with Gasteiger partial charge in [-0.1, -0.05) is 45.9 Å². The number of phosphoric ester groups is 1. The number of nitrogens with zero attached hydrogens (tertiary/aromatic N) is 7. The minimum Gasteiger partial charge on any atom is -0.408 e. The number of H-pyrrole nitrogens is 1. The van der Waals surface area contributed by atoms with Crippen LogP contribution in [0, 0.1) is 12.8 Å². The highest BCUT2D eigenvalue weighted by atomic mass is 31.2. The molecule has 10 atom stereocenters. The van der Waals surface area contributed by atoms with Crippen molar-refractivity contribution in [3.8, 4) is 0 Å². The maximum Gasteiger partial charge on any atom is 0.472 e. The summed E-state index contributed by atoms with van der Waals surface area (Å²) < 4.78 is 75.9. The molecule has 322 valence electrons. The summed E-state index contributed by atoms with van der Waals surface area (Å²) in [5.74, 6) is -0.563. The minimum absolute atomic E-state index is 0.0448. The Morgan fingerprint density at radius 3 is 2.33 bits per heavy atom. The molecule has 3 saturated heterocycles. The first-order valence-electron chi connectivity index (χ1n) is 18.8. The van der Waals surface area contributed by atoms with E-state index in [1.807, 2.05) is 13.1 Å². The van der Waals surface area contributed by atoms with Crippen LogP contribution in [0.1, 0.15) is 56.3 Å². The van der Waals surface area contributed by atoms with Crippen LogP contribution in [-0.2, 0) is 41.1 Å². The van der Waals surface area contributed by atoms with Crippen LogP contribution < -0.4 is 10.9 Å². The highest BCUT2D eigenvalue weighted by Gasteiger charge is 2.55. The van der Waals surface area contributed by atoms with E-state index >= 15 is 0 Å². The van der Waals surface area contributed by atoms with Crippen molar-refractivity contribution in [3.63, 3.8) is 0 Å². The fourth-order valence-electron chi connectivity index (χ4n) is 7.07. The molecule has 0 aliphatic carbocycles. The van der Waals surface area contributed by atoms with E-state index in [1.54, 1.807) is 48.7 Å². The summed E-state index contributed by atoms with van der Waals surface area (Å²) in [7, 11) is -12.6. The average Bonchev–Trinajstić information content (AvgIpc) is 3.94. The summed E-state index contributed by atoms with van der Waals surface area (Å²) in [6.07, 6.45) is -3.26. The fraction of sp³-hybridized carbons (Fsp3) is 0.514. The maximum absolute atomic E-state index is 14.6. The number of carbonyl (C=O) groups is 1. The second-order valence-corrected chi connectivity index (χ2v) is 23.2. The van der Waals surface area contributed by atoms with Gasteiger partial charge in [-0.25, -0.2) is 29.5 Å². The lowest BCUT2D eigenvalue weighted by Crippen LogP contribution is -2.50. The van der Waals surface area contributed by atoms with Crippen molar-refractivity contribution in [1.29, 1.82) is 0 Å². The number of benzene rings is 1. The molecule has 0 radical (unpaired) electrons. The molecule has 3 fully saturated rings. The highest BCUT2D eigenvalue weighted by molar-refractivity contribution is 7.79. The Morgan fingerprint density at radius 2 is 1.62 bits per heavy atom. The summed E-state index contributed by atoms with van der Waals surface area (Å²) in [6.45, 7) is 12.7. The first-order valence-corrected chi connectivity index (χ1v) is 24.3. The number of nitrogens with one attached hydrogen (secondary N) is 2. The summed E-state index contributed by atoms with van der Waals surface area (Å²) in [5.41, 5.74) is 0.763. The van der Waals surface area contributed by atoms with Gasteiger partial charge >= 0.3 is 7.82 Å². The molecule has 4 unspecified atom stereocenters. The molecule has 25 heteroatoms. The van der Waals surface area contributed by atoms with Crippen molar-refractivity contribution >= 4 is 65.2 Å². The number of imidazole rings is 2. The number of aromatic nitrogens is 8. The molecule has 7 heterocycles. The molecule has 0 spiro atoms. The first-order chi connectivity index (χ1) is 28.2. The van der Waals surface area contributed by atoms with Crippen molar-refractivity contribution in [2.45, 2.75) is 95.7 Å². The van der Waals surface area contributed by atoms with E-state index in [0.29, 0.717) is 17.0 Å². The normalized spacial score (nSPS) is 31.7. The number of carbonyl (C=O) groups excluding carboxylic acids is 1. The lowest BCUT2D eigenvalue weighted by Gasteiger charge is -2.41. The Balaban J connectivity index is 1.12. The molecular weight excluding hydrogens is 839 g/mol. The molecule has 3 N–H and O–H groups in total. The molecule has 4 aromatic heterocycles. The van der Waals surface area contributed by atoms with E-state index in [4.69, 9.17) is 32.0 Å². The number of fused-ring (bicyclic) bond motifs is 5. The Morgan fingerprint density at radius 1 is 0.950 bits per heavy atom. The molecule has 1 aromatic carbocycles. The Kier molecular flexibility index (Phi) is 11.2. The summed E-state index contributed by atoms with van der Waals surface area (Å²) in [6, 6.07) is 8.62. The Labute approximate surface area is 345 Å². The predicted octanol–water partition coefficient (Wildman–Crippen LogP) is 3.73. The van der Waals surface area contributed by atoms with Crippen LogP contribution >= 0.6 is 15.3 Å². The van der Waals surface area contributed by atoms with Crippen LogP contribution in [0.3, 0.4) is 0 Å². The quantitative estimate of drug-likeness (QED) is 0.162. The maximum atomic E-state index is 14.6. The molecule has 2 bridgehead atoms. The number of anilines is 1. The van der Waals surface area contributed by atoms with Crippen molar-refractivity contribution in [3.05, 3.63) is 71.1 Å². The van der Waals surface area contributed by atoms with Gasteiger partial charge in [-0.3, -0.25) is 27.8 Å². The van der Waals surface area contributed by atoms with Crippen molar-refractivity contribution in [2.24, 2.45) is 5.92 Å². The zero-order chi connectivity index (χ0) is 42.9. The van der Waals surface area contributed by atoms with Gasteiger partial charge in [-0.15, -0.1) is 0 Å². The molecule has 0 saturated carbocycles. The lowest BCUT2D eigenvalue weighted by molar-refractivity contribution is -0.0618. The number of hydrogen-bond acceptors (Lipinski definition) is 16. The number of aryl methyl sites for hydroxylation is 1. The molecule has 8 rings (SSSR count). The van der Waals surface area contributed by atoms with Gasteiger partial charge in [-0.2, -0.15) is 0 Å². The second-order valence-electron chi connectivity index (χ2n) is 16.1. The van der Waals surface area contributed by atoms with Gasteiger partial charge < -0.3 is 42.7 Å². The number of aromatic amines is 1. The van der Waals surface area contributed by atoms with E-state index in [2.05, 4.69) is 56.0 Å². The zero-order valence-electron chi connectivity index (χ0n) is 33.1. The number of amides is 1. The number of rotatable bonds is 6. The van der Waals surface area contributed by atoms with Crippen LogP contribution in [0.5, 0.6) is 0 Å². The molecule has 5 aromatic rings. The van der Waals surface area contributed by atoms with Gasteiger partial charge in [0.15, 0.2) is 42.7 Å². The van der Waals surface area contributed by atoms with Crippen molar-refractivity contribution in [2.75, 3.05) is 18.5 Å². The van der Waals surface area contributed by atoms with Gasteiger partial charge in [-0.05, 0) is 37.2 Å². The number of ether oxygens (including phenoxy) is 2. The lowest BCUT2D eigenvalue weighted by atomic mass is 10.0. The first kappa shape index (κ1) is 42.7. The van der Waals surface area contributed by atoms with Crippen LogP contribution in [0.2, 0.25) is 18.1 Å². The Hall–Kier alpha value is -3.99. The standard InChI is InChI=1S/C35H47BN9O12P2Si/c1-18-25-21(53-33(18)44-16-39-23-28(37-15-38-29(23)44)43-31(46)20-11-9-8-10-12-20)13-51-58(36,48)55-27-26(57-60(6,7)35(3,4)5)22(14-52-59(49,50)56-25)54-34(27)45-17-40-24-30(45)41-19(2)42-32(24)47/h8-12,15-18,21-22,25-27,33-34H,13-14H2,1-7,36H3,(H,49,50)(H,41,42,47)(H,37,38,43,46)/q-1/t18-,21+,22+,25?,26?,27-,33+,34+,58?/m0/s1. The smallest absolute Gasteiger partial charge is 0.408 e. The van der Waals surface area contributed by atoms with Gasteiger partial charge in [0.05, 0.1) is 33.4 Å². The topological polar surface area (TPSA) is 255 Å².